The van der Waals surface area contributed by atoms with Gasteiger partial charge in [0.15, 0.2) is 16.6 Å². The van der Waals surface area contributed by atoms with Gasteiger partial charge in [0, 0.05) is 43.9 Å². The van der Waals surface area contributed by atoms with Gasteiger partial charge in [0.1, 0.15) is 0 Å². The van der Waals surface area contributed by atoms with Crippen molar-refractivity contribution in [1.82, 2.24) is 14.2 Å². The molecule has 1 aromatic heterocycles. The second kappa shape index (κ2) is 12.6. The zero-order valence-corrected chi connectivity index (χ0v) is 25.1. The van der Waals surface area contributed by atoms with Crippen LogP contribution in [-0.4, -0.2) is 68.0 Å². The predicted molar refractivity (Wildman–Crippen MR) is 161 cm³/mol. The van der Waals surface area contributed by atoms with E-state index < -0.39 is 10.0 Å². The third-order valence-electron chi connectivity index (χ3n) is 7.18. The standard InChI is InChI=1S/C30H34N4O5S2/c1-4-32(5-2)16-17-34(30-31-25-18-26-27(39-21-38-26)19-28(25)40-30)29(35)23-12-14-24(15-13-23)41(36,37)33(6-3)20-22-10-8-7-9-11-22/h7-15,18-19H,4-6,16-17,20-21H2,1-3H3. The molecule has 0 radical (unpaired) electrons. The largest absolute Gasteiger partial charge is 0.454 e. The Morgan fingerprint density at radius 1 is 0.902 bits per heavy atom. The summed E-state index contributed by atoms with van der Waals surface area (Å²) < 4.78 is 40.2. The van der Waals surface area contributed by atoms with Crippen LogP contribution in [0.5, 0.6) is 11.5 Å². The number of rotatable bonds is 12. The summed E-state index contributed by atoms with van der Waals surface area (Å²) in [4.78, 5) is 22.7. The molecule has 0 N–H and O–H groups in total. The first-order valence-corrected chi connectivity index (χ1v) is 16.0. The molecule has 11 heteroatoms. The number of hydrogen-bond acceptors (Lipinski definition) is 8. The van der Waals surface area contributed by atoms with Gasteiger partial charge < -0.3 is 14.4 Å². The number of sulfonamides is 1. The third-order valence-corrected chi connectivity index (χ3v) is 10.2. The van der Waals surface area contributed by atoms with E-state index in [1.807, 2.05) is 49.4 Å². The van der Waals surface area contributed by atoms with E-state index in [1.165, 1.54) is 27.8 Å². The summed E-state index contributed by atoms with van der Waals surface area (Å²) in [5.41, 5.74) is 2.03. The molecule has 41 heavy (non-hydrogen) atoms. The number of likely N-dealkylation sites (N-methyl/N-ethyl adjacent to an activating group) is 1. The average molecular weight is 595 g/mol. The van der Waals surface area contributed by atoms with Crippen LogP contribution in [0, 0.1) is 0 Å². The highest BCUT2D eigenvalue weighted by Gasteiger charge is 2.26. The molecule has 216 valence electrons. The molecule has 2 heterocycles. The minimum absolute atomic E-state index is 0.149. The lowest BCUT2D eigenvalue weighted by Gasteiger charge is -2.25. The van der Waals surface area contributed by atoms with E-state index in [0.717, 1.165) is 28.9 Å². The van der Waals surface area contributed by atoms with Crippen molar-refractivity contribution in [2.45, 2.75) is 32.2 Å². The number of benzene rings is 3. The van der Waals surface area contributed by atoms with Crippen molar-refractivity contribution in [2.75, 3.05) is 44.4 Å². The molecule has 0 spiro atoms. The molecule has 5 rings (SSSR count). The lowest BCUT2D eigenvalue weighted by Crippen LogP contribution is -2.39. The fourth-order valence-corrected chi connectivity index (χ4v) is 7.15. The molecule has 0 fully saturated rings. The summed E-state index contributed by atoms with van der Waals surface area (Å²) >= 11 is 1.41. The lowest BCUT2D eigenvalue weighted by atomic mass is 10.2. The number of aromatic nitrogens is 1. The molecule has 1 aliphatic rings. The topological polar surface area (TPSA) is 92.3 Å². The van der Waals surface area contributed by atoms with Crippen LogP contribution in [0.1, 0.15) is 36.7 Å². The fraction of sp³-hybridized carbons (Fsp3) is 0.333. The van der Waals surface area contributed by atoms with Gasteiger partial charge in [-0.25, -0.2) is 13.4 Å². The summed E-state index contributed by atoms with van der Waals surface area (Å²) in [5.74, 6) is 1.07. The van der Waals surface area contributed by atoms with Crippen molar-refractivity contribution < 1.29 is 22.7 Å². The van der Waals surface area contributed by atoms with Crippen LogP contribution in [0.4, 0.5) is 5.13 Å². The molecule has 0 aliphatic carbocycles. The number of carbonyl (C=O) groups is 1. The van der Waals surface area contributed by atoms with Crippen LogP contribution in [0.25, 0.3) is 10.2 Å². The summed E-state index contributed by atoms with van der Waals surface area (Å²) in [6.07, 6.45) is 0. The molecule has 0 saturated heterocycles. The maximum Gasteiger partial charge on any atom is 0.260 e. The number of fused-ring (bicyclic) bond motifs is 2. The van der Waals surface area contributed by atoms with Gasteiger partial charge in [-0.1, -0.05) is 62.4 Å². The first-order valence-electron chi connectivity index (χ1n) is 13.7. The molecule has 1 amide bonds. The van der Waals surface area contributed by atoms with E-state index in [2.05, 4.69) is 18.7 Å². The van der Waals surface area contributed by atoms with Crippen molar-refractivity contribution in [2.24, 2.45) is 0 Å². The third kappa shape index (κ3) is 6.23. The second-order valence-corrected chi connectivity index (χ2v) is 12.5. The van der Waals surface area contributed by atoms with E-state index in [4.69, 9.17) is 14.5 Å². The Labute approximate surface area is 245 Å². The van der Waals surface area contributed by atoms with Crippen LogP contribution in [-0.2, 0) is 16.6 Å². The zero-order chi connectivity index (χ0) is 29.0. The van der Waals surface area contributed by atoms with Gasteiger partial charge in [-0.15, -0.1) is 0 Å². The number of thiazole rings is 1. The Balaban J connectivity index is 1.41. The molecular formula is C30H34N4O5S2. The predicted octanol–water partition coefficient (Wildman–Crippen LogP) is 5.22. The summed E-state index contributed by atoms with van der Waals surface area (Å²) in [7, 11) is -3.75. The minimum atomic E-state index is -3.75. The summed E-state index contributed by atoms with van der Waals surface area (Å²) in [6.45, 7) is 9.62. The van der Waals surface area contributed by atoms with Crippen LogP contribution >= 0.6 is 11.3 Å². The molecule has 1 aliphatic heterocycles. The molecule has 0 bridgehead atoms. The van der Waals surface area contributed by atoms with Gasteiger partial charge in [0.25, 0.3) is 5.91 Å². The Hall–Kier alpha value is -3.51. The number of amides is 1. The van der Waals surface area contributed by atoms with Gasteiger partial charge in [0.05, 0.1) is 15.1 Å². The molecule has 0 saturated carbocycles. The van der Waals surface area contributed by atoms with Crippen molar-refractivity contribution in [3.8, 4) is 11.5 Å². The number of hydrogen-bond donors (Lipinski definition) is 0. The molecular weight excluding hydrogens is 560 g/mol. The summed E-state index contributed by atoms with van der Waals surface area (Å²) in [6, 6.07) is 19.4. The monoisotopic (exact) mass is 594 g/mol. The summed E-state index contributed by atoms with van der Waals surface area (Å²) in [5, 5.41) is 0.567. The lowest BCUT2D eigenvalue weighted by molar-refractivity contribution is 0.0983. The van der Waals surface area contributed by atoms with Crippen LogP contribution in [0.15, 0.2) is 71.6 Å². The first-order chi connectivity index (χ1) is 19.8. The van der Waals surface area contributed by atoms with Crippen molar-refractivity contribution >= 4 is 42.6 Å². The van der Waals surface area contributed by atoms with E-state index >= 15 is 0 Å². The molecule has 3 aromatic carbocycles. The number of carbonyl (C=O) groups excluding carboxylic acids is 1. The smallest absolute Gasteiger partial charge is 0.260 e. The van der Waals surface area contributed by atoms with Crippen LogP contribution < -0.4 is 14.4 Å². The SMILES string of the molecule is CCN(CC)CCN(C(=O)c1ccc(S(=O)(=O)N(CC)Cc2ccccc2)cc1)c1nc2cc3c(cc2s1)OCO3. The van der Waals surface area contributed by atoms with Gasteiger partial charge in [0.2, 0.25) is 16.8 Å². The van der Waals surface area contributed by atoms with Crippen molar-refractivity contribution in [3.05, 3.63) is 77.9 Å². The number of ether oxygens (including phenoxy) is 2. The number of nitrogens with zero attached hydrogens (tertiary/aromatic N) is 4. The maximum absolute atomic E-state index is 13.9. The highest BCUT2D eigenvalue weighted by atomic mass is 32.2. The quantitative estimate of drug-likeness (QED) is 0.222. The molecule has 9 nitrogen and oxygen atoms in total. The molecule has 0 atom stereocenters. The van der Waals surface area contributed by atoms with Crippen LogP contribution in [0.2, 0.25) is 0 Å². The van der Waals surface area contributed by atoms with E-state index in [-0.39, 0.29) is 24.1 Å². The highest BCUT2D eigenvalue weighted by molar-refractivity contribution is 7.89. The average Bonchev–Trinajstić information content (AvgIpc) is 3.63. The minimum Gasteiger partial charge on any atom is -0.454 e. The maximum atomic E-state index is 13.9. The Kier molecular flexibility index (Phi) is 8.88. The van der Waals surface area contributed by atoms with E-state index in [0.29, 0.717) is 41.8 Å². The van der Waals surface area contributed by atoms with Gasteiger partial charge in [-0.05, 0) is 42.9 Å². The van der Waals surface area contributed by atoms with Crippen LogP contribution in [0.3, 0.4) is 0 Å². The van der Waals surface area contributed by atoms with Gasteiger partial charge >= 0.3 is 0 Å². The number of anilines is 1. The zero-order valence-electron chi connectivity index (χ0n) is 23.4. The molecule has 0 unspecified atom stereocenters. The Morgan fingerprint density at radius 2 is 1.59 bits per heavy atom. The fourth-order valence-electron chi connectivity index (χ4n) is 4.71. The van der Waals surface area contributed by atoms with Gasteiger partial charge in [-0.3, -0.25) is 9.69 Å². The van der Waals surface area contributed by atoms with Crippen molar-refractivity contribution in [3.63, 3.8) is 0 Å². The van der Waals surface area contributed by atoms with Crippen molar-refractivity contribution in [1.29, 1.82) is 0 Å². The highest BCUT2D eigenvalue weighted by Crippen LogP contribution is 2.40. The van der Waals surface area contributed by atoms with E-state index in [9.17, 15) is 13.2 Å². The normalized spacial score (nSPS) is 12.9. The van der Waals surface area contributed by atoms with E-state index in [1.54, 1.807) is 17.0 Å². The Bertz CT molecular complexity index is 1560. The second-order valence-electron chi connectivity index (χ2n) is 9.59. The molecule has 4 aromatic rings. The Morgan fingerprint density at radius 3 is 2.24 bits per heavy atom. The first kappa shape index (κ1) is 29.0. The van der Waals surface area contributed by atoms with Gasteiger partial charge in [-0.2, -0.15) is 4.31 Å².